The van der Waals surface area contributed by atoms with Crippen LogP contribution in [-0.4, -0.2) is 41.5 Å². The lowest BCUT2D eigenvalue weighted by atomic mass is 10.2. The van der Waals surface area contributed by atoms with Crippen LogP contribution in [0.15, 0.2) is 58.3 Å². The minimum atomic E-state index is -4.73. The second kappa shape index (κ2) is 9.98. The summed E-state index contributed by atoms with van der Waals surface area (Å²) >= 11 is 0. The first kappa shape index (κ1) is 25.8. The highest BCUT2D eigenvalue weighted by Gasteiger charge is 2.30. The minimum Gasteiger partial charge on any atom is -0.348 e. The molecule has 0 aliphatic carbocycles. The van der Waals surface area contributed by atoms with E-state index in [1.807, 2.05) is 0 Å². The molecular weight excluding hydrogens is 471 g/mol. The maximum Gasteiger partial charge on any atom is 0.402 e. The Morgan fingerprint density at radius 1 is 0.938 bits per heavy atom. The molecule has 8 nitrogen and oxygen atoms in total. The summed E-state index contributed by atoms with van der Waals surface area (Å²) in [6.45, 7) is 1.55. The van der Waals surface area contributed by atoms with E-state index in [1.165, 1.54) is 35.1 Å². The van der Waals surface area contributed by atoms with Crippen LogP contribution < -0.4 is 14.8 Å². The average Bonchev–Trinajstić information content (AvgIpc) is 2.69. The number of sulfonamides is 2. The third kappa shape index (κ3) is 7.58. The summed E-state index contributed by atoms with van der Waals surface area (Å²) in [5, 5.41) is 2.52. The van der Waals surface area contributed by atoms with E-state index in [4.69, 9.17) is 0 Å². The van der Waals surface area contributed by atoms with Gasteiger partial charge in [-0.15, -0.1) is 0 Å². The highest BCUT2D eigenvalue weighted by molar-refractivity contribution is 7.89. The summed E-state index contributed by atoms with van der Waals surface area (Å²) in [4.78, 5) is 11.9. The van der Waals surface area contributed by atoms with Gasteiger partial charge in [-0.3, -0.25) is 4.79 Å². The topological polar surface area (TPSA) is 121 Å². The van der Waals surface area contributed by atoms with Crippen molar-refractivity contribution in [2.24, 2.45) is 0 Å². The number of carbonyl (C=O) groups is 1. The predicted molar refractivity (Wildman–Crippen MR) is 111 cm³/mol. The number of alkyl halides is 3. The molecule has 13 heteroatoms. The van der Waals surface area contributed by atoms with Crippen molar-refractivity contribution >= 4 is 26.0 Å². The Morgan fingerprint density at radius 2 is 1.53 bits per heavy atom. The van der Waals surface area contributed by atoms with Gasteiger partial charge in [-0.2, -0.15) is 13.2 Å². The van der Waals surface area contributed by atoms with Gasteiger partial charge in [-0.1, -0.05) is 18.2 Å². The van der Waals surface area contributed by atoms with Crippen molar-refractivity contribution in [3.05, 3.63) is 59.7 Å². The molecule has 0 unspecified atom stereocenters. The van der Waals surface area contributed by atoms with Crippen LogP contribution in [0.25, 0.3) is 0 Å². The van der Waals surface area contributed by atoms with Crippen LogP contribution in [0.2, 0.25) is 0 Å². The Labute approximate surface area is 184 Å². The molecule has 0 spiro atoms. The van der Waals surface area contributed by atoms with E-state index in [0.29, 0.717) is 5.56 Å². The molecule has 3 N–H and O–H groups in total. The molecule has 1 amide bonds. The van der Waals surface area contributed by atoms with Crippen LogP contribution in [0.4, 0.5) is 13.2 Å². The van der Waals surface area contributed by atoms with E-state index in [9.17, 15) is 34.8 Å². The van der Waals surface area contributed by atoms with Crippen molar-refractivity contribution < 1.29 is 34.8 Å². The monoisotopic (exact) mass is 493 g/mol. The van der Waals surface area contributed by atoms with Gasteiger partial charge in [0.25, 0.3) is 5.91 Å². The Bertz CT molecular complexity index is 1180. The number of rotatable bonds is 9. The van der Waals surface area contributed by atoms with Crippen LogP contribution >= 0.6 is 0 Å². The number of hydrogen-bond donors (Lipinski definition) is 3. The summed E-state index contributed by atoms with van der Waals surface area (Å²) in [6, 6.07) is 10.1. The molecule has 0 saturated heterocycles. The number of carbonyl (C=O) groups excluding carboxylic acids is 1. The summed E-state index contributed by atoms with van der Waals surface area (Å²) in [5.74, 6) is -0.688. The van der Waals surface area contributed by atoms with Crippen molar-refractivity contribution in [1.82, 2.24) is 14.8 Å². The zero-order valence-electron chi connectivity index (χ0n) is 17.1. The zero-order valence-corrected chi connectivity index (χ0v) is 18.7. The lowest BCUT2D eigenvalue weighted by Crippen LogP contribution is -2.34. The van der Waals surface area contributed by atoms with Crippen molar-refractivity contribution in [3.63, 3.8) is 0 Å². The quantitative estimate of drug-likeness (QED) is 0.494. The van der Waals surface area contributed by atoms with Gasteiger partial charge in [-0.25, -0.2) is 26.3 Å². The molecule has 2 aromatic carbocycles. The Morgan fingerprint density at radius 3 is 2.12 bits per heavy atom. The molecule has 0 radical (unpaired) electrons. The summed E-state index contributed by atoms with van der Waals surface area (Å²) in [6.07, 6.45) is -4.73. The molecule has 0 heterocycles. The molecule has 0 saturated carbocycles. The third-order valence-corrected chi connectivity index (χ3v) is 6.98. The highest BCUT2D eigenvalue weighted by Crippen LogP contribution is 2.17. The number of halogens is 3. The summed E-state index contributed by atoms with van der Waals surface area (Å²) < 4.78 is 89.4. The van der Waals surface area contributed by atoms with E-state index in [0.717, 1.165) is 12.1 Å². The minimum absolute atomic E-state index is 0.0155. The second-order valence-corrected chi connectivity index (χ2v) is 10.6. The maximum absolute atomic E-state index is 12.4. The molecule has 2 aromatic rings. The molecule has 32 heavy (non-hydrogen) atoms. The summed E-state index contributed by atoms with van der Waals surface area (Å²) in [5.41, 5.74) is 0.380. The van der Waals surface area contributed by atoms with Crippen LogP contribution in [-0.2, 0) is 26.6 Å². The van der Waals surface area contributed by atoms with Gasteiger partial charge >= 0.3 is 6.18 Å². The van der Waals surface area contributed by atoms with Crippen molar-refractivity contribution in [1.29, 1.82) is 0 Å². The van der Waals surface area contributed by atoms with Gasteiger partial charge in [0.2, 0.25) is 20.0 Å². The van der Waals surface area contributed by atoms with Gasteiger partial charge in [0.1, 0.15) is 6.54 Å². The lowest BCUT2D eigenvalue weighted by molar-refractivity contribution is -0.121. The molecule has 2 rings (SSSR count). The molecule has 0 bridgehead atoms. The van der Waals surface area contributed by atoms with Crippen LogP contribution in [0.5, 0.6) is 0 Å². The van der Waals surface area contributed by atoms with Gasteiger partial charge < -0.3 is 5.32 Å². The fourth-order valence-corrected chi connectivity index (χ4v) is 4.93. The molecule has 176 valence electrons. The van der Waals surface area contributed by atoms with Crippen molar-refractivity contribution in [2.45, 2.75) is 42.4 Å². The molecule has 0 aromatic heterocycles. The van der Waals surface area contributed by atoms with Crippen molar-refractivity contribution in [2.75, 3.05) is 6.54 Å². The largest absolute Gasteiger partial charge is 0.402 e. The number of nitrogens with one attached hydrogen (secondary N) is 3. The van der Waals surface area contributed by atoms with E-state index >= 15 is 0 Å². The molecular formula is C19H22F3N3O5S2. The third-order valence-electron chi connectivity index (χ3n) is 3.92. The Kier molecular flexibility index (Phi) is 8.04. The maximum atomic E-state index is 12.4. The van der Waals surface area contributed by atoms with Crippen LogP contribution in [0, 0.1) is 0 Å². The predicted octanol–water partition coefficient (Wildman–Crippen LogP) is 2.14. The molecule has 0 fully saturated rings. The fraction of sp³-hybridized carbons (Fsp3) is 0.316. The van der Waals surface area contributed by atoms with Gasteiger partial charge in [0, 0.05) is 18.2 Å². The SMILES string of the molecule is CC(C)NS(=O)(=O)c1cccc(CNC(=O)c2cccc(S(=O)(=O)NCC(F)(F)F)c2)c1. The average molecular weight is 494 g/mol. The van der Waals surface area contributed by atoms with Gasteiger partial charge in [0.05, 0.1) is 9.79 Å². The zero-order chi connectivity index (χ0) is 24.2. The van der Waals surface area contributed by atoms with Crippen LogP contribution in [0.1, 0.15) is 29.8 Å². The van der Waals surface area contributed by atoms with Gasteiger partial charge in [0.15, 0.2) is 0 Å². The Balaban J connectivity index is 2.12. The number of hydrogen-bond acceptors (Lipinski definition) is 5. The standard InChI is InChI=1S/C19H22F3N3O5S2/c1-13(2)25-32(29,30)16-7-3-5-14(9-16)11-23-18(26)15-6-4-8-17(10-15)31(27,28)24-12-19(20,21)22/h3-10,13,24-25H,11-12H2,1-2H3,(H,23,26). The number of amides is 1. The highest BCUT2D eigenvalue weighted by atomic mass is 32.2. The van der Waals surface area contributed by atoms with E-state index in [1.54, 1.807) is 19.9 Å². The van der Waals surface area contributed by atoms with Crippen LogP contribution in [0.3, 0.4) is 0 Å². The first-order chi connectivity index (χ1) is 14.7. The fourth-order valence-electron chi connectivity index (χ4n) is 2.55. The Hall–Kier alpha value is -2.48. The normalized spacial score (nSPS) is 12.7. The molecule has 0 atom stereocenters. The van der Waals surface area contributed by atoms with E-state index in [-0.39, 0.29) is 23.0 Å². The van der Waals surface area contributed by atoms with Crippen molar-refractivity contribution in [3.8, 4) is 0 Å². The number of benzene rings is 2. The lowest BCUT2D eigenvalue weighted by Gasteiger charge is -2.12. The van der Waals surface area contributed by atoms with Gasteiger partial charge in [-0.05, 0) is 49.7 Å². The molecule has 0 aliphatic rings. The summed E-state index contributed by atoms with van der Waals surface area (Å²) in [7, 11) is -8.20. The first-order valence-electron chi connectivity index (χ1n) is 9.25. The molecule has 0 aliphatic heterocycles. The first-order valence-corrected chi connectivity index (χ1v) is 12.2. The smallest absolute Gasteiger partial charge is 0.348 e. The van der Waals surface area contributed by atoms with E-state index in [2.05, 4.69) is 10.0 Å². The second-order valence-electron chi connectivity index (χ2n) is 7.07. The van der Waals surface area contributed by atoms with E-state index < -0.39 is 43.6 Å².